The van der Waals surface area contributed by atoms with Crippen LogP contribution in [0.3, 0.4) is 0 Å². The van der Waals surface area contributed by atoms with Crippen LogP contribution in [0.4, 0.5) is 14.6 Å². The molecule has 0 bridgehead atoms. The van der Waals surface area contributed by atoms with Gasteiger partial charge in [-0.3, -0.25) is 0 Å². The molecule has 0 atom stereocenters. The van der Waals surface area contributed by atoms with E-state index >= 15 is 0 Å². The normalized spacial score (nSPS) is 11.2. The molecule has 108 valence electrons. The topological polar surface area (TPSA) is 56.6 Å². The van der Waals surface area contributed by atoms with E-state index in [1.54, 1.807) is 12.1 Å². The fraction of sp³-hybridized carbons (Fsp3) is 0.357. The van der Waals surface area contributed by atoms with Gasteiger partial charge in [-0.1, -0.05) is 24.3 Å². The van der Waals surface area contributed by atoms with Crippen LogP contribution in [0.5, 0.6) is 0 Å². The van der Waals surface area contributed by atoms with Gasteiger partial charge >= 0.3 is 0 Å². The van der Waals surface area contributed by atoms with E-state index in [9.17, 15) is 13.9 Å². The molecule has 0 aliphatic heterocycles. The van der Waals surface area contributed by atoms with Crippen molar-refractivity contribution in [3.63, 3.8) is 0 Å². The van der Waals surface area contributed by atoms with E-state index in [4.69, 9.17) is 5.11 Å². The number of aliphatic hydroxyl groups is 2. The number of halogens is 2. The lowest BCUT2D eigenvalue weighted by atomic mass is 10.1. The average Bonchev–Trinajstić information content (AvgIpc) is 2.45. The zero-order valence-corrected chi connectivity index (χ0v) is 10.8. The van der Waals surface area contributed by atoms with Crippen molar-refractivity contribution in [1.29, 1.82) is 0 Å². The van der Waals surface area contributed by atoms with Gasteiger partial charge in [0, 0.05) is 23.7 Å². The minimum Gasteiger partial charge on any atom is -0.395 e. The zero-order chi connectivity index (χ0) is 14.5. The molecule has 0 radical (unpaired) electrons. The summed E-state index contributed by atoms with van der Waals surface area (Å²) in [6, 6.07) is 7.18. The molecule has 0 amide bonds. The van der Waals surface area contributed by atoms with E-state index in [-0.39, 0.29) is 19.8 Å². The molecule has 1 heterocycles. The second-order valence-electron chi connectivity index (χ2n) is 4.37. The fourth-order valence-electron chi connectivity index (χ4n) is 2.19. The first-order valence-electron chi connectivity index (χ1n) is 6.28. The van der Waals surface area contributed by atoms with E-state index in [1.807, 2.05) is 12.1 Å². The summed E-state index contributed by atoms with van der Waals surface area (Å²) in [5, 5.41) is 19.8. The SMILES string of the molecule is OCCN(CC(F)F)c1ncc(CO)c2ccccc12. The number of aromatic nitrogens is 1. The Bertz CT molecular complexity index is 578. The lowest BCUT2D eigenvalue weighted by Crippen LogP contribution is -2.32. The Morgan fingerprint density at radius 3 is 2.45 bits per heavy atom. The molecule has 20 heavy (non-hydrogen) atoms. The first-order chi connectivity index (χ1) is 9.67. The van der Waals surface area contributed by atoms with Gasteiger partial charge in [0.2, 0.25) is 0 Å². The van der Waals surface area contributed by atoms with Crippen molar-refractivity contribution in [3.8, 4) is 0 Å². The maximum Gasteiger partial charge on any atom is 0.255 e. The highest BCUT2D eigenvalue weighted by atomic mass is 19.3. The number of benzene rings is 1. The van der Waals surface area contributed by atoms with E-state index in [0.717, 1.165) is 5.39 Å². The van der Waals surface area contributed by atoms with Crippen LogP contribution < -0.4 is 4.90 Å². The molecule has 1 aromatic carbocycles. The Labute approximate surface area is 115 Å². The van der Waals surface area contributed by atoms with Crippen LogP contribution in [0.1, 0.15) is 5.56 Å². The highest BCUT2D eigenvalue weighted by molar-refractivity contribution is 5.94. The van der Waals surface area contributed by atoms with Gasteiger partial charge in [-0.15, -0.1) is 0 Å². The summed E-state index contributed by atoms with van der Waals surface area (Å²) in [6.45, 7) is -0.803. The molecule has 2 N–H and O–H groups in total. The molecule has 2 rings (SSSR count). The van der Waals surface area contributed by atoms with Gasteiger partial charge in [0.25, 0.3) is 6.43 Å². The Kier molecular flexibility index (Phi) is 4.81. The summed E-state index contributed by atoms with van der Waals surface area (Å²) in [4.78, 5) is 5.53. The number of anilines is 1. The second kappa shape index (κ2) is 6.58. The third-order valence-corrected chi connectivity index (χ3v) is 3.05. The van der Waals surface area contributed by atoms with Crippen molar-refractivity contribution in [2.75, 3.05) is 24.6 Å². The summed E-state index contributed by atoms with van der Waals surface area (Å²) in [6.07, 6.45) is -1.03. The smallest absolute Gasteiger partial charge is 0.255 e. The summed E-state index contributed by atoms with van der Waals surface area (Å²) < 4.78 is 25.3. The fourth-order valence-corrected chi connectivity index (χ4v) is 2.19. The summed E-state index contributed by atoms with van der Waals surface area (Å²) in [7, 11) is 0. The van der Waals surface area contributed by atoms with Crippen molar-refractivity contribution < 1.29 is 19.0 Å². The number of hydrogen-bond donors (Lipinski definition) is 2. The molecule has 0 aliphatic carbocycles. The van der Waals surface area contributed by atoms with Crippen molar-refractivity contribution in [2.45, 2.75) is 13.0 Å². The lowest BCUT2D eigenvalue weighted by molar-refractivity contribution is 0.152. The highest BCUT2D eigenvalue weighted by Gasteiger charge is 2.17. The van der Waals surface area contributed by atoms with E-state index in [1.165, 1.54) is 11.1 Å². The van der Waals surface area contributed by atoms with Gasteiger partial charge in [-0.25, -0.2) is 13.8 Å². The van der Waals surface area contributed by atoms with Crippen LogP contribution in [-0.4, -0.2) is 41.3 Å². The van der Waals surface area contributed by atoms with Gasteiger partial charge in [0.15, 0.2) is 0 Å². The first-order valence-corrected chi connectivity index (χ1v) is 6.28. The van der Waals surface area contributed by atoms with Crippen molar-refractivity contribution in [1.82, 2.24) is 4.98 Å². The molecule has 0 saturated carbocycles. The average molecular weight is 282 g/mol. The predicted octanol–water partition coefficient (Wildman–Crippen LogP) is 1.79. The molecule has 2 aromatic rings. The molecule has 0 aliphatic rings. The molecule has 6 heteroatoms. The molecule has 4 nitrogen and oxygen atoms in total. The van der Waals surface area contributed by atoms with Gasteiger partial charge in [-0.05, 0) is 5.39 Å². The molecule has 0 spiro atoms. The summed E-state index contributed by atoms with van der Waals surface area (Å²) in [5.41, 5.74) is 0.644. The van der Waals surface area contributed by atoms with Gasteiger partial charge in [-0.2, -0.15) is 0 Å². The van der Waals surface area contributed by atoms with Gasteiger partial charge in [0.05, 0.1) is 19.8 Å². The summed E-state index contributed by atoms with van der Waals surface area (Å²) in [5.74, 6) is 0.396. The monoisotopic (exact) mass is 282 g/mol. The quantitative estimate of drug-likeness (QED) is 0.848. The van der Waals surface area contributed by atoms with Crippen LogP contribution in [0.25, 0.3) is 10.8 Å². The van der Waals surface area contributed by atoms with E-state index in [0.29, 0.717) is 16.8 Å². The van der Waals surface area contributed by atoms with E-state index in [2.05, 4.69) is 4.98 Å². The maximum atomic E-state index is 12.6. The Balaban J connectivity index is 2.52. The Hall–Kier alpha value is -1.79. The minimum atomic E-state index is -2.51. The lowest BCUT2D eigenvalue weighted by Gasteiger charge is -2.24. The first kappa shape index (κ1) is 14.6. The summed E-state index contributed by atoms with van der Waals surface area (Å²) >= 11 is 0. The van der Waals surface area contributed by atoms with Crippen LogP contribution >= 0.6 is 0 Å². The minimum absolute atomic E-state index is 0.0831. The van der Waals surface area contributed by atoms with E-state index < -0.39 is 13.0 Å². The number of fused-ring (bicyclic) bond motifs is 1. The molecular weight excluding hydrogens is 266 g/mol. The van der Waals surface area contributed by atoms with Crippen molar-refractivity contribution >= 4 is 16.6 Å². The van der Waals surface area contributed by atoms with Gasteiger partial charge in [0.1, 0.15) is 5.82 Å². The van der Waals surface area contributed by atoms with Crippen LogP contribution in [0.15, 0.2) is 30.5 Å². The number of alkyl halides is 2. The van der Waals surface area contributed by atoms with Crippen molar-refractivity contribution in [3.05, 3.63) is 36.0 Å². The second-order valence-corrected chi connectivity index (χ2v) is 4.37. The Morgan fingerprint density at radius 1 is 1.15 bits per heavy atom. The highest BCUT2D eigenvalue weighted by Crippen LogP contribution is 2.27. The molecule has 1 aromatic heterocycles. The van der Waals surface area contributed by atoms with Crippen LogP contribution in [-0.2, 0) is 6.61 Å². The number of pyridine rings is 1. The third-order valence-electron chi connectivity index (χ3n) is 3.05. The Morgan fingerprint density at radius 2 is 1.85 bits per heavy atom. The zero-order valence-electron chi connectivity index (χ0n) is 10.8. The maximum absolute atomic E-state index is 12.6. The largest absolute Gasteiger partial charge is 0.395 e. The van der Waals surface area contributed by atoms with Crippen molar-refractivity contribution in [2.24, 2.45) is 0 Å². The number of aliphatic hydroxyl groups excluding tert-OH is 2. The molecule has 0 fully saturated rings. The predicted molar refractivity (Wildman–Crippen MR) is 73.0 cm³/mol. The van der Waals surface area contributed by atoms with Crippen LogP contribution in [0, 0.1) is 0 Å². The molecule has 0 saturated heterocycles. The third kappa shape index (κ3) is 3.02. The number of hydrogen-bond acceptors (Lipinski definition) is 4. The van der Waals surface area contributed by atoms with Crippen LogP contribution in [0.2, 0.25) is 0 Å². The number of rotatable bonds is 6. The molecular formula is C14H16F2N2O2. The van der Waals surface area contributed by atoms with Gasteiger partial charge < -0.3 is 15.1 Å². The number of nitrogens with zero attached hydrogens (tertiary/aromatic N) is 2. The molecule has 0 unspecified atom stereocenters. The standard InChI is InChI=1S/C14H16F2N2O2/c15-13(16)8-18(5-6-19)14-12-4-2-1-3-11(12)10(9-20)7-17-14/h1-4,7,13,19-20H,5-6,8-9H2.